The molecule has 4 aliphatic carbocycles. The van der Waals surface area contributed by atoms with Crippen molar-refractivity contribution in [1.29, 1.82) is 0 Å². The molecule has 0 amide bonds. The van der Waals surface area contributed by atoms with Crippen molar-refractivity contribution < 1.29 is 9.53 Å². The van der Waals surface area contributed by atoms with Crippen molar-refractivity contribution in [3.63, 3.8) is 0 Å². The number of Topliss-reactive ketones (excluding diaryl/α,β-unsaturated/α-hetero) is 1. The lowest BCUT2D eigenvalue weighted by Crippen LogP contribution is -2.52. The Kier molecular flexibility index (Phi) is 5.69. The third-order valence-electron chi connectivity index (χ3n) is 8.63. The summed E-state index contributed by atoms with van der Waals surface area (Å²) in [7, 11) is 1.79. The van der Waals surface area contributed by atoms with E-state index in [2.05, 4.69) is 39.8 Å². The average Bonchev–Trinajstić information content (AvgIpc) is 2.86. The van der Waals surface area contributed by atoms with Gasteiger partial charge in [0.2, 0.25) is 0 Å². The number of carbonyl (C=O) groups is 1. The highest BCUT2D eigenvalue weighted by molar-refractivity contribution is 14.0. The normalized spacial score (nSPS) is 43.6. The van der Waals surface area contributed by atoms with Crippen LogP contribution in [0.25, 0.3) is 0 Å². The number of methoxy groups -OCH3 is 1. The summed E-state index contributed by atoms with van der Waals surface area (Å²) in [4.78, 5) is 13.0. The average molecular weight is 503 g/mol. The number of fused-ring (bicyclic) bond motifs is 5. The summed E-state index contributed by atoms with van der Waals surface area (Å²) in [6.45, 7) is 9.16. The Hall–Kier alpha value is 0.0300. The first-order valence-corrected chi connectivity index (χ1v) is 10.8. The van der Waals surface area contributed by atoms with Gasteiger partial charge in [-0.2, -0.15) is 12.6 Å². The van der Waals surface area contributed by atoms with Gasteiger partial charge < -0.3 is 4.74 Å². The lowest BCUT2D eigenvalue weighted by Gasteiger charge is -2.57. The summed E-state index contributed by atoms with van der Waals surface area (Å²) in [5.74, 6) is 3.78. The summed E-state index contributed by atoms with van der Waals surface area (Å²) in [6.07, 6.45) is 11.1. The topological polar surface area (TPSA) is 26.3 Å². The van der Waals surface area contributed by atoms with E-state index in [0.717, 1.165) is 31.4 Å². The minimum atomic E-state index is -0.129. The lowest BCUT2D eigenvalue weighted by atomic mass is 9.47. The second-order valence-electron chi connectivity index (χ2n) is 10.3. The summed E-state index contributed by atoms with van der Waals surface area (Å²) in [5, 5.41) is 0. The number of ether oxygens (including phenoxy) is 1. The van der Waals surface area contributed by atoms with Crippen molar-refractivity contribution in [2.75, 3.05) is 7.11 Å². The molecule has 6 atom stereocenters. The number of halogens is 1. The summed E-state index contributed by atoms with van der Waals surface area (Å²) in [6, 6.07) is 0. The lowest BCUT2D eigenvalue weighted by molar-refractivity contribution is -0.132. The van der Waals surface area contributed by atoms with Crippen molar-refractivity contribution in [3.05, 3.63) is 23.5 Å². The molecule has 0 aromatic heterocycles. The van der Waals surface area contributed by atoms with E-state index >= 15 is 0 Å². The van der Waals surface area contributed by atoms with Crippen molar-refractivity contribution >= 4 is 42.4 Å². The van der Waals surface area contributed by atoms with Crippen LogP contribution in [0.1, 0.15) is 66.2 Å². The molecule has 2 fully saturated rings. The quantitative estimate of drug-likeness (QED) is 0.359. The Labute approximate surface area is 187 Å². The summed E-state index contributed by atoms with van der Waals surface area (Å²) >= 11 is 4.95. The van der Waals surface area contributed by atoms with Crippen molar-refractivity contribution in [3.8, 4) is 0 Å². The SMILES string of the molecule is COC1=CC2=CCC3C(CC[C@]4(C)C(=O)C[C@@H](C(C)(C)S)C34)[C@@]2(C)CC1.I. The van der Waals surface area contributed by atoms with Gasteiger partial charge in [-0.3, -0.25) is 4.79 Å². The number of allylic oxidation sites excluding steroid dienone is 4. The number of hydrogen-bond acceptors (Lipinski definition) is 3. The molecule has 152 valence electrons. The first kappa shape index (κ1) is 21.7. The van der Waals surface area contributed by atoms with Crippen LogP contribution in [0.5, 0.6) is 0 Å². The van der Waals surface area contributed by atoms with E-state index < -0.39 is 0 Å². The first-order valence-electron chi connectivity index (χ1n) is 10.3. The van der Waals surface area contributed by atoms with E-state index in [4.69, 9.17) is 17.4 Å². The van der Waals surface area contributed by atoms with Crippen molar-refractivity contribution in [1.82, 2.24) is 0 Å². The number of carbonyl (C=O) groups excluding carboxylic acids is 1. The predicted octanol–water partition coefficient (Wildman–Crippen LogP) is 6.21. The van der Waals surface area contributed by atoms with E-state index in [1.165, 1.54) is 18.4 Å². The number of ketones is 1. The molecule has 0 saturated heterocycles. The molecule has 0 spiro atoms. The van der Waals surface area contributed by atoms with Gasteiger partial charge >= 0.3 is 0 Å². The Morgan fingerprint density at radius 3 is 2.56 bits per heavy atom. The van der Waals surface area contributed by atoms with Crippen molar-refractivity contribution in [2.24, 2.45) is 34.5 Å². The Morgan fingerprint density at radius 1 is 1.22 bits per heavy atom. The third kappa shape index (κ3) is 3.15. The van der Waals surface area contributed by atoms with E-state index in [0.29, 0.717) is 29.5 Å². The van der Waals surface area contributed by atoms with Gasteiger partial charge in [0, 0.05) is 23.0 Å². The van der Waals surface area contributed by atoms with Crippen LogP contribution < -0.4 is 0 Å². The molecular weight excluding hydrogens is 467 g/mol. The maximum absolute atomic E-state index is 13.0. The first-order chi connectivity index (χ1) is 12.1. The summed E-state index contributed by atoms with van der Waals surface area (Å²) in [5.41, 5.74) is 1.59. The molecule has 4 aliphatic rings. The highest BCUT2D eigenvalue weighted by atomic mass is 127. The Balaban J connectivity index is 0.00000210. The second kappa shape index (κ2) is 7.07. The van der Waals surface area contributed by atoms with Gasteiger partial charge in [-0.1, -0.05) is 33.8 Å². The van der Waals surface area contributed by atoms with Gasteiger partial charge in [-0.15, -0.1) is 24.0 Å². The van der Waals surface area contributed by atoms with Crippen LogP contribution >= 0.6 is 36.6 Å². The molecule has 0 bridgehead atoms. The molecule has 4 heteroatoms. The smallest absolute Gasteiger partial charge is 0.139 e. The zero-order chi connectivity index (χ0) is 18.9. The fourth-order valence-corrected chi connectivity index (χ4v) is 7.28. The fourth-order valence-electron chi connectivity index (χ4n) is 7.03. The van der Waals surface area contributed by atoms with Gasteiger partial charge in [-0.05, 0) is 66.4 Å². The zero-order valence-electron chi connectivity index (χ0n) is 17.4. The molecule has 2 nitrogen and oxygen atoms in total. The van der Waals surface area contributed by atoms with Crippen LogP contribution in [0.2, 0.25) is 0 Å². The monoisotopic (exact) mass is 502 g/mol. The highest BCUT2D eigenvalue weighted by Gasteiger charge is 2.63. The third-order valence-corrected chi connectivity index (χ3v) is 8.96. The van der Waals surface area contributed by atoms with Crippen LogP contribution in [0.15, 0.2) is 23.5 Å². The zero-order valence-corrected chi connectivity index (χ0v) is 20.6. The van der Waals surface area contributed by atoms with Gasteiger partial charge in [0.1, 0.15) is 5.78 Å². The van der Waals surface area contributed by atoms with Gasteiger partial charge in [0.25, 0.3) is 0 Å². The van der Waals surface area contributed by atoms with E-state index in [1.54, 1.807) is 7.11 Å². The summed E-state index contributed by atoms with van der Waals surface area (Å²) < 4.78 is 5.45. The second-order valence-corrected chi connectivity index (χ2v) is 11.4. The molecule has 0 radical (unpaired) electrons. The highest BCUT2D eigenvalue weighted by Crippen LogP contribution is 2.66. The van der Waals surface area contributed by atoms with Gasteiger partial charge in [0.15, 0.2) is 0 Å². The molecule has 4 rings (SSSR count). The molecule has 0 aromatic rings. The van der Waals surface area contributed by atoms with Gasteiger partial charge in [-0.25, -0.2) is 0 Å². The molecule has 27 heavy (non-hydrogen) atoms. The van der Waals surface area contributed by atoms with E-state index in [-0.39, 0.29) is 39.6 Å². The van der Waals surface area contributed by atoms with Crippen LogP contribution in [0, 0.1) is 34.5 Å². The maximum atomic E-state index is 13.0. The molecule has 0 N–H and O–H groups in total. The fraction of sp³-hybridized carbons (Fsp3) is 0.783. The number of hydrogen-bond donors (Lipinski definition) is 1. The molecular formula is C23H35IO2S. The molecule has 0 aliphatic heterocycles. The predicted molar refractivity (Wildman–Crippen MR) is 125 cm³/mol. The van der Waals surface area contributed by atoms with Crippen molar-refractivity contribution in [2.45, 2.75) is 71.0 Å². The number of thiol groups is 1. The van der Waals surface area contributed by atoms with E-state index in [9.17, 15) is 4.79 Å². The minimum absolute atomic E-state index is 0. The molecule has 2 saturated carbocycles. The minimum Gasteiger partial charge on any atom is -0.501 e. The van der Waals surface area contributed by atoms with Crippen LogP contribution in [-0.2, 0) is 9.53 Å². The van der Waals surface area contributed by atoms with Gasteiger partial charge in [0.05, 0.1) is 12.9 Å². The van der Waals surface area contributed by atoms with Crippen LogP contribution in [-0.4, -0.2) is 17.6 Å². The molecule has 0 aromatic carbocycles. The Bertz CT molecular complexity index is 691. The maximum Gasteiger partial charge on any atom is 0.139 e. The molecule has 0 heterocycles. The van der Waals surface area contributed by atoms with E-state index in [1.807, 2.05) is 0 Å². The largest absolute Gasteiger partial charge is 0.501 e. The number of rotatable bonds is 2. The standard InChI is InChI=1S/C23H34O2S.HI/c1-21(2,26)18-13-19(24)23(4)11-9-17-16(20(18)23)7-6-14-12-15(25-5)8-10-22(14,17)3;/h6,12,16-18,20,26H,7-11,13H2,1-5H3;1H/t16?,17?,18-,20?,22+,23-;/m1./s1. The molecule has 3 unspecified atom stereocenters. The van der Waals surface area contributed by atoms with Crippen LogP contribution in [0.4, 0.5) is 0 Å². The Morgan fingerprint density at radius 2 is 1.93 bits per heavy atom. The van der Waals surface area contributed by atoms with Crippen LogP contribution in [0.3, 0.4) is 0 Å².